The molecular weight excluding hydrogens is 238 g/mol. The van der Waals surface area contributed by atoms with Gasteiger partial charge in [-0.2, -0.15) is 0 Å². The number of aliphatic hydroxyl groups excluding tert-OH is 1. The fourth-order valence-corrected chi connectivity index (χ4v) is 3.13. The van der Waals surface area contributed by atoms with Crippen molar-refractivity contribution in [3.05, 3.63) is 0 Å². The maximum absolute atomic E-state index is 9.43. The number of ether oxygens (including phenoxy) is 1. The molecule has 0 amide bonds. The molecule has 3 unspecified atom stereocenters. The van der Waals surface area contributed by atoms with E-state index in [0.29, 0.717) is 6.10 Å². The zero-order valence-electron chi connectivity index (χ0n) is 13.1. The second kappa shape index (κ2) is 8.93. The summed E-state index contributed by atoms with van der Waals surface area (Å²) in [6.07, 6.45) is 8.98. The molecule has 2 N–H and O–H groups in total. The molecule has 3 atom stereocenters. The summed E-state index contributed by atoms with van der Waals surface area (Å²) < 4.78 is 6.02. The Labute approximate surface area is 119 Å². The quantitative estimate of drug-likeness (QED) is 0.633. The van der Waals surface area contributed by atoms with Crippen molar-refractivity contribution in [1.29, 1.82) is 0 Å². The molecule has 114 valence electrons. The highest BCUT2D eigenvalue weighted by molar-refractivity contribution is 4.81. The van der Waals surface area contributed by atoms with Crippen LogP contribution in [0.3, 0.4) is 0 Å². The molecule has 0 radical (unpaired) electrons. The fraction of sp³-hybridized carbons (Fsp3) is 1.00. The summed E-state index contributed by atoms with van der Waals surface area (Å²) in [6.45, 7) is 8.39. The number of nitrogens with one attached hydrogen (secondary N) is 1. The molecule has 1 rings (SSSR count). The molecule has 0 aliphatic heterocycles. The molecule has 3 nitrogen and oxygen atoms in total. The summed E-state index contributed by atoms with van der Waals surface area (Å²) in [4.78, 5) is 0. The van der Waals surface area contributed by atoms with Crippen molar-refractivity contribution in [2.45, 2.75) is 77.4 Å². The number of hydrogen-bond donors (Lipinski definition) is 2. The van der Waals surface area contributed by atoms with E-state index in [4.69, 9.17) is 4.74 Å². The van der Waals surface area contributed by atoms with E-state index in [9.17, 15) is 5.11 Å². The average Bonchev–Trinajstić information content (AvgIpc) is 2.44. The van der Waals surface area contributed by atoms with Gasteiger partial charge in [0.15, 0.2) is 0 Å². The third-order valence-electron chi connectivity index (χ3n) is 4.49. The van der Waals surface area contributed by atoms with Gasteiger partial charge < -0.3 is 15.2 Å². The lowest BCUT2D eigenvalue weighted by Gasteiger charge is -2.30. The molecule has 1 aliphatic rings. The van der Waals surface area contributed by atoms with E-state index in [1.54, 1.807) is 0 Å². The number of hydrogen-bond acceptors (Lipinski definition) is 3. The Morgan fingerprint density at radius 1 is 1.32 bits per heavy atom. The Hall–Kier alpha value is -0.120. The van der Waals surface area contributed by atoms with Gasteiger partial charge in [-0.3, -0.25) is 0 Å². The first-order valence-electron chi connectivity index (χ1n) is 8.11. The van der Waals surface area contributed by atoms with Crippen molar-refractivity contribution in [1.82, 2.24) is 5.32 Å². The predicted molar refractivity (Wildman–Crippen MR) is 80.4 cm³/mol. The van der Waals surface area contributed by atoms with Gasteiger partial charge >= 0.3 is 0 Å². The minimum atomic E-state index is -0.142. The van der Waals surface area contributed by atoms with Gasteiger partial charge in [-0.15, -0.1) is 0 Å². The second-order valence-electron chi connectivity index (χ2n) is 6.29. The number of aliphatic hydroxyl groups is 1. The van der Waals surface area contributed by atoms with Crippen LogP contribution in [0.2, 0.25) is 0 Å². The van der Waals surface area contributed by atoms with Crippen LogP contribution in [-0.4, -0.2) is 36.5 Å². The second-order valence-corrected chi connectivity index (χ2v) is 6.29. The molecule has 0 aromatic rings. The van der Waals surface area contributed by atoms with E-state index in [2.05, 4.69) is 26.1 Å². The first-order chi connectivity index (χ1) is 9.13. The Bertz CT molecular complexity index is 235. The maximum atomic E-state index is 9.43. The molecular formula is C16H33NO2. The Balaban J connectivity index is 2.16. The zero-order valence-corrected chi connectivity index (χ0v) is 13.1. The van der Waals surface area contributed by atoms with Crippen molar-refractivity contribution in [3.8, 4) is 0 Å². The van der Waals surface area contributed by atoms with Crippen LogP contribution in [0, 0.1) is 5.92 Å². The molecule has 0 heterocycles. The summed E-state index contributed by atoms with van der Waals surface area (Å²) in [5.41, 5.74) is -0.142. The van der Waals surface area contributed by atoms with Crippen molar-refractivity contribution in [2.75, 3.05) is 19.8 Å². The molecule has 0 bridgehead atoms. The average molecular weight is 271 g/mol. The first-order valence-corrected chi connectivity index (χ1v) is 8.11. The van der Waals surface area contributed by atoms with E-state index in [1.165, 1.54) is 32.1 Å². The SMILES string of the molecule is CCNC(C)(CO)CCCOC1CCCC(CC)C1. The molecule has 0 saturated heterocycles. The summed E-state index contributed by atoms with van der Waals surface area (Å²) in [5.74, 6) is 0.878. The molecule has 1 aliphatic carbocycles. The van der Waals surface area contributed by atoms with E-state index < -0.39 is 0 Å². The topological polar surface area (TPSA) is 41.5 Å². The Morgan fingerprint density at radius 3 is 2.74 bits per heavy atom. The fourth-order valence-electron chi connectivity index (χ4n) is 3.13. The van der Waals surface area contributed by atoms with Crippen molar-refractivity contribution < 1.29 is 9.84 Å². The summed E-state index contributed by atoms with van der Waals surface area (Å²) in [6, 6.07) is 0. The lowest BCUT2D eigenvalue weighted by Crippen LogP contribution is -2.45. The van der Waals surface area contributed by atoms with Crippen LogP contribution in [0.25, 0.3) is 0 Å². The molecule has 1 saturated carbocycles. The number of rotatable bonds is 9. The van der Waals surface area contributed by atoms with Crippen LogP contribution in [-0.2, 0) is 4.74 Å². The summed E-state index contributed by atoms with van der Waals surface area (Å²) in [7, 11) is 0. The minimum Gasteiger partial charge on any atom is -0.394 e. The predicted octanol–water partition coefficient (Wildman–Crippen LogP) is 3.11. The molecule has 0 aromatic carbocycles. The molecule has 0 spiro atoms. The normalized spacial score (nSPS) is 27.2. The molecule has 3 heteroatoms. The molecule has 1 fully saturated rings. The van der Waals surface area contributed by atoms with E-state index in [0.717, 1.165) is 31.9 Å². The first kappa shape index (κ1) is 16.9. The molecule has 19 heavy (non-hydrogen) atoms. The van der Waals surface area contributed by atoms with Gasteiger partial charge in [0, 0.05) is 12.1 Å². The van der Waals surface area contributed by atoms with Crippen LogP contribution >= 0.6 is 0 Å². The highest BCUT2D eigenvalue weighted by atomic mass is 16.5. The van der Waals surface area contributed by atoms with Gasteiger partial charge in [0.25, 0.3) is 0 Å². The lowest BCUT2D eigenvalue weighted by molar-refractivity contribution is 0.00728. The van der Waals surface area contributed by atoms with Crippen LogP contribution in [0.4, 0.5) is 0 Å². The van der Waals surface area contributed by atoms with Gasteiger partial charge in [0.1, 0.15) is 0 Å². The van der Waals surface area contributed by atoms with Gasteiger partial charge in [-0.1, -0.05) is 33.1 Å². The lowest BCUT2D eigenvalue weighted by atomic mass is 9.85. The van der Waals surface area contributed by atoms with Crippen molar-refractivity contribution >= 4 is 0 Å². The van der Waals surface area contributed by atoms with Gasteiger partial charge in [-0.25, -0.2) is 0 Å². The third kappa shape index (κ3) is 6.24. The Morgan fingerprint density at radius 2 is 2.11 bits per heavy atom. The van der Waals surface area contributed by atoms with E-state index in [1.807, 2.05) is 0 Å². The zero-order chi connectivity index (χ0) is 14.1. The van der Waals surface area contributed by atoms with E-state index in [-0.39, 0.29) is 12.1 Å². The van der Waals surface area contributed by atoms with Crippen LogP contribution in [0.15, 0.2) is 0 Å². The summed E-state index contributed by atoms with van der Waals surface area (Å²) >= 11 is 0. The standard InChI is InChI=1S/C16H33NO2/c1-4-14-8-6-9-15(12-14)19-11-7-10-16(3,13-18)17-5-2/h14-15,17-18H,4-13H2,1-3H3. The monoisotopic (exact) mass is 271 g/mol. The minimum absolute atomic E-state index is 0.142. The van der Waals surface area contributed by atoms with E-state index >= 15 is 0 Å². The van der Waals surface area contributed by atoms with Gasteiger partial charge in [-0.05, 0) is 45.1 Å². The summed E-state index contributed by atoms with van der Waals surface area (Å²) in [5, 5.41) is 12.8. The van der Waals surface area contributed by atoms with Gasteiger partial charge in [0.05, 0.1) is 12.7 Å². The highest BCUT2D eigenvalue weighted by Gasteiger charge is 2.23. The highest BCUT2D eigenvalue weighted by Crippen LogP contribution is 2.28. The van der Waals surface area contributed by atoms with Crippen LogP contribution in [0.1, 0.15) is 65.7 Å². The Kier molecular flexibility index (Phi) is 7.96. The largest absolute Gasteiger partial charge is 0.394 e. The maximum Gasteiger partial charge on any atom is 0.0610 e. The third-order valence-corrected chi connectivity index (χ3v) is 4.49. The molecule has 0 aromatic heterocycles. The van der Waals surface area contributed by atoms with Crippen LogP contribution in [0.5, 0.6) is 0 Å². The van der Waals surface area contributed by atoms with Crippen LogP contribution < -0.4 is 5.32 Å². The van der Waals surface area contributed by atoms with Crippen molar-refractivity contribution in [3.63, 3.8) is 0 Å². The van der Waals surface area contributed by atoms with Gasteiger partial charge in [0.2, 0.25) is 0 Å². The number of likely N-dealkylation sites (N-methyl/N-ethyl adjacent to an activating group) is 1. The smallest absolute Gasteiger partial charge is 0.0610 e. The van der Waals surface area contributed by atoms with Crippen molar-refractivity contribution in [2.24, 2.45) is 5.92 Å².